The molecule has 1 fully saturated rings. The van der Waals surface area contributed by atoms with Crippen LogP contribution in [0.3, 0.4) is 0 Å². The molecular weight excluding hydrogens is 418 g/mol. The van der Waals surface area contributed by atoms with Crippen molar-refractivity contribution in [2.45, 2.75) is 31.4 Å². The minimum atomic E-state index is -0.189. The molecule has 2 aromatic carbocycles. The first-order chi connectivity index (χ1) is 16.1. The molecule has 0 saturated carbocycles. The average molecular weight is 444 g/mol. The van der Waals surface area contributed by atoms with E-state index in [1.165, 1.54) is 0 Å². The summed E-state index contributed by atoms with van der Waals surface area (Å²) >= 11 is 0. The minimum absolute atomic E-state index is 0.0864. The van der Waals surface area contributed by atoms with Crippen LogP contribution in [-0.4, -0.2) is 37.8 Å². The van der Waals surface area contributed by atoms with Crippen molar-refractivity contribution in [1.82, 2.24) is 24.8 Å². The highest BCUT2D eigenvalue weighted by Gasteiger charge is 2.39. The molecule has 2 atom stereocenters. The van der Waals surface area contributed by atoms with Crippen molar-refractivity contribution in [2.75, 3.05) is 7.05 Å². The third-order valence-electron chi connectivity index (χ3n) is 6.05. The summed E-state index contributed by atoms with van der Waals surface area (Å²) in [5.41, 5.74) is 2.88. The number of para-hydroxylation sites is 1. The lowest BCUT2D eigenvalue weighted by molar-refractivity contribution is -0.135. The van der Waals surface area contributed by atoms with Gasteiger partial charge in [0.25, 0.3) is 0 Å². The zero-order valence-corrected chi connectivity index (χ0v) is 18.6. The van der Waals surface area contributed by atoms with E-state index in [1.807, 2.05) is 74.9 Å². The summed E-state index contributed by atoms with van der Waals surface area (Å²) in [7, 11) is 3.68. The number of piperidine rings is 1. The Bertz CT molecular complexity index is 1230. The Labute approximate surface area is 191 Å². The molecule has 5 rings (SSSR count). The maximum Gasteiger partial charge on any atom is 0.232 e. The number of likely N-dealkylation sites (tertiary alicyclic amines) is 1. The number of hydrogen-bond donors (Lipinski definition) is 0. The van der Waals surface area contributed by atoms with E-state index in [0.717, 1.165) is 22.4 Å². The zero-order valence-electron chi connectivity index (χ0n) is 18.6. The number of carbonyl (C=O) groups excluding carboxylic acids is 1. The molecule has 0 spiro atoms. The Morgan fingerprint density at radius 1 is 1.09 bits per heavy atom. The van der Waals surface area contributed by atoms with Crippen LogP contribution in [0.1, 0.15) is 41.8 Å². The first-order valence-electron chi connectivity index (χ1n) is 10.9. The molecule has 4 aromatic rings. The van der Waals surface area contributed by atoms with Gasteiger partial charge in [0.15, 0.2) is 0 Å². The Balaban J connectivity index is 1.33. The Hall–Kier alpha value is -3.94. The minimum Gasteiger partial charge on any atom is -0.489 e. The van der Waals surface area contributed by atoms with Crippen molar-refractivity contribution >= 4 is 5.91 Å². The Kier molecular flexibility index (Phi) is 5.64. The number of likely N-dealkylation sites (N-methyl/N-ethyl adjacent to an activating group) is 1. The van der Waals surface area contributed by atoms with E-state index in [1.54, 1.807) is 15.8 Å². The fraction of sp³-hybridized carbons (Fsp3) is 0.280. The smallest absolute Gasteiger partial charge is 0.232 e. The van der Waals surface area contributed by atoms with E-state index in [9.17, 15) is 4.79 Å². The first kappa shape index (κ1) is 20.9. The predicted octanol–water partition coefficient (Wildman–Crippen LogP) is 4.13. The predicted molar refractivity (Wildman–Crippen MR) is 121 cm³/mol. The van der Waals surface area contributed by atoms with Gasteiger partial charge in [0.05, 0.1) is 18.2 Å². The summed E-state index contributed by atoms with van der Waals surface area (Å²) < 4.78 is 13.2. The van der Waals surface area contributed by atoms with Gasteiger partial charge in [-0.3, -0.25) is 9.48 Å². The Morgan fingerprint density at radius 2 is 1.88 bits per heavy atom. The van der Waals surface area contributed by atoms with Crippen LogP contribution in [0.5, 0.6) is 5.75 Å². The summed E-state index contributed by atoms with van der Waals surface area (Å²) in [6.45, 7) is 0.483. The molecule has 0 aliphatic carbocycles. The SMILES string of the molecule is CN1C(=O)CC[C@@H](c2nc(-c3ccc(COc4ccccc4)cc3)no2)[C@H]1c1cnn(C)c1. The van der Waals surface area contributed by atoms with E-state index >= 15 is 0 Å². The molecule has 0 N–H and O–H groups in total. The van der Waals surface area contributed by atoms with Gasteiger partial charge in [0.2, 0.25) is 17.6 Å². The average Bonchev–Trinajstić information content (AvgIpc) is 3.50. The highest BCUT2D eigenvalue weighted by molar-refractivity contribution is 5.77. The topological polar surface area (TPSA) is 86.3 Å². The van der Waals surface area contributed by atoms with Crippen molar-refractivity contribution in [2.24, 2.45) is 7.05 Å². The lowest BCUT2D eigenvalue weighted by atomic mass is 9.85. The van der Waals surface area contributed by atoms with E-state index in [-0.39, 0.29) is 17.9 Å². The molecule has 3 heterocycles. The molecule has 2 aromatic heterocycles. The number of amides is 1. The fourth-order valence-corrected chi connectivity index (χ4v) is 4.28. The van der Waals surface area contributed by atoms with Crippen LogP contribution < -0.4 is 4.74 Å². The van der Waals surface area contributed by atoms with Crippen molar-refractivity contribution in [1.29, 1.82) is 0 Å². The van der Waals surface area contributed by atoms with Crippen LogP contribution in [0.4, 0.5) is 0 Å². The quantitative estimate of drug-likeness (QED) is 0.445. The van der Waals surface area contributed by atoms with E-state index in [2.05, 4.69) is 10.3 Å². The molecule has 8 nitrogen and oxygen atoms in total. The van der Waals surface area contributed by atoms with Gasteiger partial charge in [-0.25, -0.2) is 0 Å². The van der Waals surface area contributed by atoms with Gasteiger partial charge in [-0.05, 0) is 24.1 Å². The Morgan fingerprint density at radius 3 is 2.61 bits per heavy atom. The number of ether oxygens (including phenoxy) is 1. The zero-order chi connectivity index (χ0) is 22.8. The number of hydrogen-bond acceptors (Lipinski definition) is 6. The molecule has 0 bridgehead atoms. The summed E-state index contributed by atoms with van der Waals surface area (Å²) in [5.74, 6) is 1.92. The van der Waals surface area contributed by atoms with Gasteiger partial charge in [0.1, 0.15) is 12.4 Å². The third-order valence-corrected chi connectivity index (χ3v) is 6.05. The van der Waals surface area contributed by atoms with Crippen molar-refractivity contribution in [3.8, 4) is 17.1 Å². The molecule has 0 radical (unpaired) electrons. The number of benzene rings is 2. The molecule has 33 heavy (non-hydrogen) atoms. The second kappa shape index (κ2) is 8.90. The third kappa shape index (κ3) is 4.37. The van der Waals surface area contributed by atoms with Gasteiger partial charge in [-0.1, -0.05) is 47.6 Å². The monoisotopic (exact) mass is 443 g/mol. The largest absolute Gasteiger partial charge is 0.489 e. The van der Waals surface area contributed by atoms with Crippen LogP contribution in [0.15, 0.2) is 71.5 Å². The van der Waals surface area contributed by atoms with E-state index in [4.69, 9.17) is 14.2 Å². The number of aromatic nitrogens is 4. The maximum atomic E-state index is 12.4. The molecule has 168 valence electrons. The van der Waals surface area contributed by atoms with Crippen LogP contribution >= 0.6 is 0 Å². The van der Waals surface area contributed by atoms with Gasteiger partial charge in [-0.15, -0.1) is 0 Å². The fourth-order valence-electron chi connectivity index (χ4n) is 4.28. The molecular formula is C25H25N5O3. The highest BCUT2D eigenvalue weighted by atomic mass is 16.5. The second-order valence-corrected chi connectivity index (χ2v) is 8.30. The highest BCUT2D eigenvalue weighted by Crippen LogP contribution is 2.41. The molecule has 1 saturated heterocycles. The normalized spacial score (nSPS) is 18.5. The molecule has 1 aliphatic rings. The van der Waals surface area contributed by atoms with Gasteiger partial charge < -0.3 is 14.2 Å². The number of aryl methyl sites for hydroxylation is 1. The summed E-state index contributed by atoms with van der Waals surface area (Å²) in [4.78, 5) is 18.8. The van der Waals surface area contributed by atoms with Crippen molar-refractivity contribution in [3.05, 3.63) is 84.0 Å². The van der Waals surface area contributed by atoms with Gasteiger partial charge in [0, 0.05) is 37.8 Å². The molecule has 1 amide bonds. The van der Waals surface area contributed by atoms with E-state index < -0.39 is 0 Å². The van der Waals surface area contributed by atoms with E-state index in [0.29, 0.717) is 31.2 Å². The summed E-state index contributed by atoms with van der Waals surface area (Å²) in [6.07, 6.45) is 4.83. The van der Waals surface area contributed by atoms with Gasteiger partial charge >= 0.3 is 0 Å². The van der Waals surface area contributed by atoms with Crippen LogP contribution in [-0.2, 0) is 18.4 Å². The number of rotatable bonds is 6. The van der Waals surface area contributed by atoms with Crippen LogP contribution in [0.2, 0.25) is 0 Å². The van der Waals surface area contributed by atoms with Gasteiger partial charge in [-0.2, -0.15) is 10.1 Å². The number of nitrogens with zero attached hydrogens (tertiary/aromatic N) is 5. The molecule has 0 unspecified atom stereocenters. The van der Waals surface area contributed by atoms with Crippen LogP contribution in [0, 0.1) is 0 Å². The molecule has 8 heteroatoms. The lowest BCUT2D eigenvalue weighted by Gasteiger charge is -2.36. The van der Waals surface area contributed by atoms with Crippen molar-refractivity contribution < 1.29 is 14.1 Å². The summed E-state index contributed by atoms with van der Waals surface area (Å²) in [6, 6.07) is 17.5. The van der Waals surface area contributed by atoms with Crippen molar-refractivity contribution in [3.63, 3.8) is 0 Å². The van der Waals surface area contributed by atoms with Crippen LogP contribution in [0.25, 0.3) is 11.4 Å². The lowest BCUT2D eigenvalue weighted by Crippen LogP contribution is -2.39. The molecule has 1 aliphatic heterocycles. The standard InChI is InChI=1S/C25H25N5O3/c1-29-15-19(14-26-29)23-21(12-13-22(31)30(23)2)25-27-24(28-33-25)18-10-8-17(9-11-18)16-32-20-6-4-3-5-7-20/h3-11,14-15,21,23H,12-13,16H2,1-2H3/t21-,23-/m1/s1. The second-order valence-electron chi connectivity index (χ2n) is 8.30. The maximum absolute atomic E-state index is 12.4. The summed E-state index contributed by atoms with van der Waals surface area (Å²) in [5, 5.41) is 8.50. The first-order valence-corrected chi connectivity index (χ1v) is 10.9. The number of carbonyl (C=O) groups is 1.